The minimum Gasteiger partial charge on any atom is -0.489 e. The first-order chi connectivity index (χ1) is 11.3. The van der Waals surface area contributed by atoms with Gasteiger partial charge in [0.05, 0.1) is 17.8 Å². The summed E-state index contributed by atoms with van der Waals surface area (Å²) in [5.74, 6) is -0.625. The fourth-order valence-electron chi connectivity index (χ4n) is 2.05. The summed E-state index contributed by atoms with van der Waals surface area (Å²) in [7, 11) is 0. The van der Waals surface area contributed by atoms with Gasteiger partial charge < -0.3 is 4.74 Å². The van der Waals surface area contributed by atoms with Crippen LogP contribution >= 0.6 is 11.6 Å². The van der Waals surface area contributed by atoms with E-state index in [1.54, 1.807) is 13.8 Å². The molecule has 0 aliphatic carbocycles. The highest BCUT2D eigenvalue weighted by atomic mass is 35.5. The molecule has 0 radical (unpaired) electrons. The third kappa shape index (κ3) is 3.81. The molecule has 0 amide bonds. The van der Waals surface area contributed by atoms with Gasteiger partial charge in [-0.25, -0.2) is 9.18 Å². The molecule has 0 N–H and O–H groups in total. The van der Waals surface area contributed by atoms with Gasteiger partial charge in [-0.05, 0) is 26.3 Å². The van der Waals surface area contributed by atoms with Crippen molar-refractivity contribution in [2.75, 3.05) is 6.67 Å². The summed E-state index contributed by atoms with van der Waals surface area (Å²) in [6.07, 6.45) is 0.643. The maximum atomic E-state index is 14.2. The number of alkyl halides is 1. The average molecular weight is 360 g/mol. The average Bonchev–Trinajstić information content (AvgIpc) is 2.50. The predicted molar refractivity (Wildman–Crippen MR) is 85.4 cm³/mol. The molecule has 24 heavy (non-hydrogen) atoms. The van der Waals surface area contributed by atoms with Crippen molar-refractivity contribution in [2.45, 2.75) is 32.9 Å². The summed E-state index contributed by atoms with van der Waals surface area (Å²) >= 11 is 5.93. The zero-order chi connectivity index (χ0) is 17.9. The number of rotatable bonds is 6. The van der Waals surface area contributed by atoms with Gasteiger partial charge in [-0.15, -0.1) is 0 Å². The van der Waals surface area contributed by atoms with Crippen molar-refractivity contribution in [3.05, 3.63) is 50.0 Å². The van der Waals surface area contributed by atoms with E-state index in [0.29, 0.717) is 0 Å². The molecule has 1 aromatic heterocycles. The van der Waals surface area contributed by atoms with Crippen molar-refractivity contribution in [3.63, 3.8) is 0 Å². The van der Waals surface area contributed by atoms with Crippen LogP contribution in [0.5, 0.6) is 5.75 Å². The van der Waals surface area contributed by atoms with E-state index in [2.05, 4.69) is 5.10 Å². The van der Waals surface area contributed by atoms with E-state index in [4.69, 9.17) is 16.3 Å². The van der Waals surface area contributed by atoms with Crippen LogP contribution in [0.4, 0.5) is 8.78 Å². The summed E-state index contributed by atoms with van der Waals surface area (Å²) in [5.41, 5.74) is -1.76. The molecule has 0 saturated carbocycles. The first-order valence-corrected chi connectivity index (χ1v) is 7.64. The molecular formula is C15H16ClF2N3O3. The fraction of sp³-hybridized carbons (Fsp3) is 0.400. The molecule has 130 valence electrons. The molecule has 0 atom stereocenters. The molecule has 0 aliphatic rings. The van der Waals surface area contributed by atoms with Crippen molar-refractivity contribution in [2.24, 2.45) is 0 Å². The van der Waals surface area contributed by atoms with Gasteiger partial charge in [-0.2, -0.15) is 9.78 Å². The van der Waals surface area contributed by atoms with E-state index in [1.807, 2.05) is 0 Å². The Morgan fingerprint density at radius 2 is 2.04 bits per heavy atom. The summed E-state index contributed by atoms with van der Waals surface area (Å²) in [6.45, 7) is 2.72. The molecule has 0 aliphatic heterocycles. The second-order valence-corrected chi connectivity index (χ2v) is 5.68. The standard InChI is InChI=1S/C15H16ClF2N3O3/c1-9(2)24-13-7-12(11(18)6-10(13)16)21-15(23)20(5-3-4-17)14(22)8-19-21/h6-9H,3-5H2,1-2H3. The zero-order valence-electron chi connectivity index (χ0n) is 13.1. The van der Waals surface area contributed by atoms with Gasteiger partial charge in [0.1, 0.15) is 17.6 Å². The van der Waals surface area contributed by atoms with Crippen LogP contribution < -0.4 is 16.0 Å². The number of hydrogen-bond donors (Lipinski definition) is 0. The Bertz CT molecular complexity index is 849. The van der Waals surface area contributed by atoms with Crippen molar-refractivity contribution >= 4 is 11.6 Å². The Morgan fingerprint density at radius 3 is 2.67 bits per heavy atom. The van der Waals surface area contributed by atoms with Gasteiger partial charge in [-0.1, -0.05) is 11.6 Å². The molecule has 1 aromatic carbocycles. The Morgan fingerprint density at radius 1 is 1.33 bits per heavy atom. The highest BCUT2D eigenvalue weighted by molar-refractivity contribution is 6.32. The van der Waals surface area contributed by atoms with Crippen molar-refractivity contribution in [1.82, 2.24) is 14.3 Å². The molecule has 2 rings (SSSR count). The third-order valence-corrected chi connectivity index (χ3v) is 3.36. The van der Waals surface area contributed by atoms with Crippen LogP contribution in [0.2, 0.25) is 5.02 Å². The van der Waals surface area contributed by atoms with Gasteiger partial charge in [-0.3, -0.25) is 13.8 Å². The maximum Gasteiger partial charge on any atom is 0.352 e. The SMILES string of the molecule is CC(C)Oc1cc(-n2ncc(=O)n(CCCF)c2=O)c(F)cc1Cl. The van der Waals surface area contributed by atoms with Gasteiger partial charge in [0, 0.05) is 12.6 Å². The van der Waals surface area contributed by atoms with Gasteiger partial charge in [0.15, 0.2) is 5.82 Å². The second-order valence-electron chi connectivity index (χ2n) is 5.27. The number of halogens is 3. The Hall–Kier alpha value is -2.22. The van der Waals surface area contributed by atoms with Crippen LogP contribution in [-0.2, 0) is 6.54 Å². The molecule has 1 heterocycles. The molecular weight excluding hydrogens is 344 g/mol. The summed E-state index contributed by atoms with van der Waals surface area (Å²) in [6, 6.07) is 2.23. The molecule has 6 nitrogen and oxygen atoms in total. The molecule has 0 saturated heterocycles. The van der Waals surface area contributed by atoms with Crippen molar-refractivity contribution in [1.29, 1.82) is 0 Å². The second kappa shape index (κ2) is 7.57. The van der Waals surface area contributed by atoms with Crippen LogP contribution in [0.1, 0.15) is 20.3 Å². The van der Waals surface area contributed by atoms with Crippen LogP contribution in [0.25, 0.3) is 5.69 Å². The molecule has 0 spiro atoms. The Labute approximate surface area is 141 Å². The van der Waals surface area contributed by atoms with E-state index < -0.39 is 23.7 Å². The summed E-state index contributed by atoms with van der Waals surface area (Å²) in [5, 5.41) is 3.71. The van der Waals surface area contributed by atoms with Crippen LogP contribution in [-0.4, -0.2) is 27.1 Å². The minimum atomic E-state index is -0.868. The van der Waals surface area contributed by atoms with Gasteiger partial charge in [0.25, 0.3) is 5.56 Å². The maximum absolute atomic E-state index is 14.2. The van der Waals surface area contributed by atoms with E-state index in [9.17, 15) is 18.4 Å². The monoisotopic (exact) mass is 359 g/mol. The third-order valence-electron chi connectivity index (χ3n) is 3.07. The summed E-state index contributed by atoms with van der Waals surface area (Å²) in [4.78, 5) is 24.1. The smallest absolute Gasteiger partial charge is 0.352 e. The number of aromatic nitrogens is 3. The normalized spacial score (nSPS) is 11.1. The first-order valence-electron chi connectivity index (χ1n) is 7.26. The number of nitrogens with zero attached hydrogens (tertiary/aromatic N) is 3. The predicted octanol–water partition coefficient (Wildman–Crippen LogP) is 2.33. The van der Waals surface area contributed by atoms with Crippen molar-refractivity contribution in [3.8, 4) is 11.4 Å². The van der Waals surface area contributed by atoms with Crippen molar-refractivity contribution < 1.29 is 13.5 Å². The highest BCUT2D eigenvalue weighted by Gasteiger charge is 2.16. The summed E-state index contributed by atoms with van der Waals surface area (Å²) < 4.78 is 33.5. The number of hydrogen-bond acceptors (Lipinski definition) is 4. The lowest BCUT2D eigenvalue weighted by atomic mass is 10.2. The minimum absolute atomic E-state index is 0.00995. The zero-order valence-corrected chi connectivity index (χ0v) is 13.9. The lowest BCUT2D eigenvalue weighted by Crippen LogP contribution is -2.40. The Balaban J connectivity index is 2.60. The lowest BCUT2D eigenvalue weighted by Gasteiger charge is -2.14. The van der Waals surface area contributed by atoms with Crippen LogP contribution in [0, 0.1) is 5.82 Å². The largest absolute Gasteiger partial charge is 0.489 e. The van der Waals surface area contributed by atoms with Gasteiger partial charge >= 0.3 is 5.69 Å². The molecule has 0 fully saturated rings. The first kappa shape index (κ1) is 18.1. The highest BCUT2D eigenvalue weighted by Crippen LogP contribution is 2.29. The van der Waals surface area contributed by atoms with E-state index in [0.717, 1.165) is 21.5 Å². The fourth-order valence-corrected chi connectivity index (χ4v) is 2.24. The number of benzene rings is 1. The molecule has 9 heteroatoms. The lowest BCUT2D eigenvalue weighted by molar-refractivity contribution is 0.242. The topological polar surface area (TPSA) is 66.1 Å². The van der Waals surface area contributed by atoms with Crippen LogP contribution in [0.3, 0.4) is 0 Å². The van der Waals surface area contributed by atoms with E-state index in [1.165, 1.54) is 6.07 Å². The van der Waals surface area contributed by atoms with E-state index in [-0.39, 0.29) is 35.5 Å². The Kier molecular flexibility index (Phi) is 5.71. The molecule has 0 unspecified atom stereocenters. The van der Waals surface area contributed by atoms with Gasteiger partial charge in [0.2, 0.25) is 0 Å². The van der Waals surface area contributed by atoms with E-state index >= 15 is 0 Å². The number of ether oxygens (including phenoxy) is 1. The molecule has 2 aromatic rings. The van der Waals surface area contributed by atoms with Crippen LogP contribution in [0.15, 0.2) is 27.9 Å². The molecule has 0 bridgehead atoms. The quantitative estimate of drug-likeness (QED) is 0.794.